The molecule has 0 radical (unpaired) electrons. The minimum absolute atomic E-state index is 0.283. The average Bonchev–Trinajstić information content (AvgIpc) is 3.03. The van der Waals surface area contributed by atoms with Gasteiger partial charge in [-0.25, -0.2) is 0 Å². The SMILES string of the molecule is COc1cc(C(=O)NNC(=O)c2cn(C)c3ccccc23)cc(OC)c1Br. The number of aromatic nitrogens is 1. The van der Waals surface area contributed by atoms with Gasteiger partial charge in [-0.15, -0.1) is 0 Å². The first-order valence-electron chi connectivity index (χ1n) is 8.02. The molecule has 3 aromatic rings. The lowest BCUT2D eigenvalue weighted by molar-refractivity contribution is 0.0847. The lowest BCUT2D eigenvalue weighted by Gasteiger charge is -2.12. The maximum absolute atomic E-state index is 12.5. The molecule has 0 fully saturated rings. The molecule has 0 spiro atoms. The molecule has 2 aromatic carbocycles. The zero-order valence-electron chi connectivity index (χ0n) is 15.0. The van der Waals surface area contributed by atoms with Gasteiger partial charge in [0.25, 0.3) is 11.8 Å². The second kappa shape index (κ2) is 7.71. The van der Waals surface area contributed by atoms with Crippen LogP contribution in [0.25, 0.3) is 10.9 Å². The lowest BCUT2D eigenvalue weighted by atomic mass is 10.1. The quantitative estimate of drug-likeness (QED) is 0.622. The maximum atomic E-state index is 12.5. The number of halogens is 1. The highest BCUT2D eigenvalue weighted by Crippen LogP contribution is 2.35. The number of methoxy groups -OCH3 is 2. The van der Waals surface area contributed by atoms with Crippen molar-refractivity contribution in [3.8, 4) is 11.5 Å². The highest BCUT2D eigenvalue weighted by molar-refractivity contribution is 9.10. The first-order chi connectivity index (χ1) is 13.0. The van der Waals surface area contributed by atoms with Crippen LogP contribution in [0.3, 0.4) is 0 Å². The summed E-state index contributed by atoms with van der Waals surface area (Å²) in [6.07, 6.45) is 1.72. The number of carbonyl (C=O) groups excluding carboxylic acids is 2. The second-order valence-corrected chi connectivity index (χ2v) is 6.57. The van der Waals surface area contributed by atoms with Crippen molar-refractivity contribution in [2.45, 2.75) is 0 Å². The van der Waals surface area contributed by atoms with Crippen LogP contribution in [0.1, 0.15) is 20.7 Å². The molecule has 0 aliphatic rings. The first-order valence-corrected chi connectivity index (χ1v) is 8.81. The smallest absolute Gasteiger partial charge is 0.271 e. The Labute approximate surface area is 164 Å². The predicted molar refractivity (Wildman–Crippen MR) is 105 cm³/mol. The predicted octanol–water partition coefficient (Wildman–Crippen LogP) is 3.03. The molecule has 8 heteroatoms. The molecule has 7 nitrogen and oxygen atoms in total. The Kier molecular flexibility index (Phi) is 5.36. The van der Waals surface area contributed by atoms with Crippen molar-refractivity contribution in [1.82, 2.24) is 15.4 Å². The van der Waals surface area contributed by atoms with Gasteiger partial charge in [0.05, 0.1) is 19.8 Å². The van der Waals surface area contributed by atoms with Gasteiger partial charge in [0.2, 0.25) is 0 Å². The van der Waals surface area contributed by atoms with Gasteiger partial charge in [-0.2, -0.15) is 0 Å². The number of carbonyl (C=O) groups is 2. The van der Waals surface area contributed by atoms with Crippen LogP contribution in [-0.4, -0.2) is 30.6 Å². The Bertz CT molecular complexity index is 1000. The van der Waals surface area contributed by atoms with Gasteiger partial charge >= 0.3 is 0 Å². The summed E-state index contributed by atoms with van der Waals surface area (Å²) < 4.78 is 12.9. The number of nitrogens with one attached hydrogen (secondary N) is 2. The summed E-state index contributed by atoms with van der Waals surface area (Å²) in [5.74, 6) is -0.0105. The number of amides is 2. The summed E-state index contributed by atoms with van der Waals surface area (Å²) in [5, 5.41) is 0.804. The molecule has 0 saturated carbocycles. The van der Waals surface area contributed by atoms with E-state index in [1.807, 2.05) is 35.9 Å². The Morgan fingerprint density at radius 1 is 1.00 bits per heavy atom. The van der Waals surface area contributed by atoms with Gasteiger partial charge in [0.1, 0.15) is 16.0 Å². The van der Waals surface area contributed by atoms with Crippen LogP contribution in [-0.2, 0) is 7.05 Å². The molecular weight excluding hydrogens is 414 g/mol. The number of nitrogens with zero attached hydrogens (tertiary/aromatic N) is 1. The molecule has 2 amide bonds. The zero-order chi connectivity index (χ0) is 19.6. The number of benzene rings is 2. The van der Waals surface area contributed by atoms with E-state index in [1.165, 1.54) is 14.2 Å². The summed E-state index contributed by atoms with van der Waals surface area (Å²) in [6.45, 7) is 0. The average molecular weight is 432 g/mol. The van der Waals surface area contributed by atoms with Crippen molar-refractivity contribution < 1.29 is 19.1 Å². The summed E-state index contributed by atoms with van der Waals surface area (Å²) >= 11 is 3.35. The van der Waals surface area contributed by atoms with E-state index in [9.17, 15) is 9.59 Å². The number of hydrogen-bond acceptors (Lipinski definition) is 4. The fourth-order valence-corrected chi connectivity index (χ4v) is 3.33. The molecule has 0 bridgehead atoms. The summed E-state index contributed by atoms with van der Waals surface area (Å²) in [6, 6.07) is 10.6. The first kappa shape index (κ1) is 18.8. The van der Waals surface area contributed by atoms with Gasteiger partial charge in [-0.05, 0) is 34.1 Å². The van der Waals surface area contributed by atoms with Crippen molar-refractivity contribution in [2.75, 3.05) is 14.2 Å². The number of para-hydroxylation sites is 1. The van der Waals surface area contributed by atoms with E-state index < -0.39 is 11.8 Å². The van der Waals surface area contributed by atoms with E-state index in [4.69, 9.17) is 9.47 Å². The van der Waals surface area contributed by atoms with E-state index in [-0.39, 0.29) is 5.56 Å². The van der Waals surface area contributed by atoms with Crippen molar-refractivity contribution in [3.63, 3.8) is 0 Å². The molecule has 0 saturated heterocycles. The molecule has 1 heterocycles. The highest BCUT2D eigenvalue weighted by Gasteiger charge is 2.17. The largest absolute Gasteiger partial charge is 0.495 e. The third-order valence-corrected chi connectivity index (χ3v) is 4.92. The zero-order valence-corrected chi connectivity index (χ0v) is 16.6. The van der Waals surface area contributed by atoms with Crippen LogP contribution >= 0.6 is 15.9 Å². The summed E-state index contributed by atoms with van der Waals surface area (Å²) in [5.41, 5.74) is 6.55. The van der Waals surface area contributed by atoms with E-state index in [1.54, 1.807) is 18.3 Å². The highest BCUT2D eigenvalue weighted by atomic mass is 79.9. The van der Waals surface area contributed by atoms with Gasteiger partial charge in [-0.1, -0.05) is 18.2 Å². The van der Waals surface area contributed by atoms with E-state index >= 15 is 0 Å². The Morgan fingerprint density at radius 3 is 2.22 bits per heavy atom. The number of ether oxygens (including phenoxy) is 2. The monoisotopic (exact) mass is 431 g/mol. The maximum Gasteiger partial charge on any atom is 0.271 e. The van der Waals surface area contributed by atoms with Crippen LogP contribution < -0.4 is 20.3 Å². The fourth-order valence-electron chi connectivity index (χ4n) is 2.78. The summed E-state index contributed by atoms with van der Waals surface area (Å²) in [7, 11) is 4.84. The Balaban J connectivity index is 1.78. The Hall–Kier alpha value is -3.00. The summed E-state index contributed by atoms with van der Waals surface area (Å²) in [4.78, 5) is 25.0. The third-order valence-electron chi connectivity index (χ3n) is 4.14. The molecule has 0 aliphatic heterocycles. The van der Waals surface area contributed by atoms with Crippen LogP contribution in [0.2, 0.25) is 0 Å². The molecule has 0 atom stereocenters. The van der Waals surface area contributed by atoms with E-state index in [2.05, 4.69) is 26.8 Å². The third kappa shape index (κ3) is 3.61. The topological polar surface area (TPSA) is 81.6 Å². The molecule has 2 N–H and O–H groups in total. The molecule has 27 heavy (non-hydrogen) atoms. The number of aryl methyl sites for hydroxylation is 1. The van der Waals surface area contributed by atoms with E-state index in [0.717, 1.165) is 10.9 Å². The molecular formula is C19H18BrN3O4. The number of hydrazine groups is 1. The van der Waals surface area contributed by atoms with Gasteiger partial charge < -0.3 is 14.0 Å². The normalized spacial score (nSPS) is 10.5. The van der Waals surface area contributed by atoms with Crippen molar-refractivity contribution in [3.05, 3.63) is 58.2 Å². The standard InChI is InChI=1S/C19H18BrN3O4/c1-23-10-13(12-6-4-5-7-14(12)23)19(25)22-21-18(24)11-8-15(26-2)17(20)16(9-11)27-3/h4-10H,1-3H3,(H,21,24)(H,22,25). The second-order valence-electron chi connectivity index (χ2n) is 5.77. The minimum atomic E-state index is -0.493. The molecule has 0 unspecified atom stereocenters. The molecule has 1 aromatic heterocycles. The van der Waals surface area contributed by atoms with Gasteiger partial charge in [0.15, 0.2) is 0 Å². The number of fused-ring (bicyclic) bond motifs is 1. The van der Waals surface area contributed by atoms with Crippen LogP contribution in [0.15, 0.2) is 47.1 Å². The van der Waals surface area contributed by atoms with Crippen LogP contribution in [0, 0.1) is 0 Å². The lowest BCUT2D eigenvalue weighted by Crippen LogP contribution is -2.41. The number of hydrogen-bond donors (Lipinski definition) is 2. The van der Waals surface area contributed by atoms with Crippen molar-refractivity contribution in [1.29, 1.82) is 0 Å². The Morgan fingerprint density at radius 2 is 1.59 bits per heavy atom. The van der Waals surface area contributed by atoms with Crippen molar-refractivity contribution in [2.24, 2.45) is 7.05 Å². The van der Waals surface area contributed by atoms with Crippen molar-refractivity contribution >= 4 is 38.6 Å². The van der Waals surface area contributed by atoms with Gasteiger partial charge in [0, 0.05) is 29.7 Å². The van der Waals surface area contributed by atoms with Crippen LogP contribution in [0.5, 0.6) is 11.5 Å². The molecule has 0 aliphatic carbocycles. The fraction of sp³-hybridized carbons (Fsp3) is 0.158. The van der Waals surface area contributed by atoms with Crippen LogP contribution in [0.4, 0.5) is 0 Å². The van der Waals surface area contributed by atoms with Gasteiger partial charge in [-0.3, -0.25) is 20.4 Å². The molecule has 3 rings (SSSR count). The van der Waals surface area contributed by atoms with E-state index in [0.29, 0.717) is 21.5 Å². The molecule has 140 valence electrons. The number of rotatable bonds is 4. The minimum Gasteiger partial charge on any atom is -0.495 e.